The van der Waals surface area contributed by atoms with E-state index in [2.05, 4.69) is 12.2 Å². The average Bonchev–Trinajstić information content (AvgIpc) is 3.04. The van der Waals surface area contributed by atoms with Crippen LogP contribution < -0.4 is 5.32 Å². The van der Waals surface area contributed by atoms with Gasteiger partial charge >= 0.3 is 0 Å². The number of ether oxygens (including phenoxy) is 1. The monoisotopic (exact) mass is 197 g/mol. The Kier molecular flexibility index (Phi) is 3.82. The first kappa shape index (κ1) is 10.4. The van der Waals surface area contributed by atoms with E-state index in [1.807, 2.05) is 0 Å². The molecule has 0 saturated heterocycles. The fourth-order valence-electron chi connectivity index (χ4n) is 1.88. The molecule has 2 heteroatoms. The Bertz CT molecular complexity index is 164. The van der Waals surface area contributed by atoms with Gasteiger partial charge in [-0.05, 0) is 38.0 Å². The molecule has 0 aromatic rings. The van der Waals surface area contributed by atoms with Crippen LogP contribution in [-0.2, 0) is 4.74 Å². The minimum absolute atomic E-state index is 0.710. The molecule has 14 heavy (non-hydrogen) atoms. The van der Waals surface area contributed by atoms with Crippen LogP contribution in [0.5, 0.6) is 0 Å². The van der Waals surface area contributed by atoms with Crippen molar-refractivity contribution in [3.8, 4) is 0 Å². The van der Waals surface area contributed by atoms with Crippen molar-refractivity contribution in [3.05, 3.63) is 0 Å². The van der Waals surface area contributed by atoms with E-state index in [1.165, 1.54) is 32.1 Å². The second-order valence-corrected chi connectivity index (χ2v) is 4.92. The van der Waals surface area contributed by atoms with Gasteiger partial charge in [0.2, 0.25) is 0 Å². The summed E-state index contributed by atoms with van der Waals surface area (Å²) in [5.74, 6) is 1.97. The Hall–Kier alpha value is -0.0800. The minimum Gasteiger partial charge on any atom is -0.380 e. The topological polar surface area (TPSA) is 21.3 Å². The summed E-state index contributed by atoms with van der Waals surface area (Å²) in [6, 6.07) is 0.710. The Morgan fingerprint density at radius 2 is 2.00 bits per heavy atom. The molecule has 0 amide bonds. The number of hydrogen-bond donors (Lipinski definition) is 1. The van der Waals surface area contributed by atoms with Gasteiger partial charge in [0.25, 0.3) is 0 Å². The van der Waals surface area contributed by atoms with E-state index in [4.69, 9.17) is 4.74 Å². The number of nitrogens with one attached hydrogen (secondary N) is 1. The predicted molar refractivity (Wildman–Crippen MR) is 58.3 cm³/mol. The van der Waals surface area contributed by atoms with E-state index in [1.54, 1.807) is 0 Å². The highest BCUT2D eigenvalue weighted by Crippen LogP contribution is 2.32. The lowest BCUT2D eigenvalue weighted by Crippen LogP contribution is -2.31. The summed E-state index contributed by atoms with van der Waals surface area (Å²) < 4.78 is 5.57. The highest BCUT2D eigenvalue weighted by Gasteiger charge is 2.27. The molecule has 2 aliphatic carbocycles. The Morgan fingerprint density at radius 1 is 1.21 bits per heavy atom. The van der Waals surface area contributed by atoms with Crippen LogP contribution in [0.2, 0.25) is 0 Å². The van der Waals surface area contributed by atoms with Crippen LogP contribution in [0, 0.1) is 11.8 Å². The fraction of sp³-hybridized carbons (Fsp3) is 1.00. The fourth-order valence-corrected chi connectivity index (χ4v) is 1.88. The predicted octanol–water partition coefficient (Wildman–Crippen LogP) is 2.19. The van der Waals surface area contributed by atoms with Crippen molar-refractivity contribution in [3.63, 3.8) is 0 Å². The van der Waals surface area contributed by atoms with Crippen LogP contribution in [0.25, 0.3) is 0 Å². The van der Waals surface area contributed by atoms with E-state index in [0.29, 0.717) is 6.04 Å². The van der Waals surface area contributed by atoms with Crippen molar-refractivity contribution < 1.29 is 4.74 Å². The van der Waals surface area contributed by atoms with Crippen molar-refractivity contribution in [2.75, 3.05) is 19.8 Å². The third-order valence-corrected chi connectivity index (χ3v) is 3.41. The lowest BCUT2D eigenvalue weighted by atomic mass is 10.2. The van der Waals surface area contributed by atoms with Crippen molar-refractivity contribution in [2.24, 2.45) is 11.8 Å². The molecule has 0 aromatic carbocycles. The molecule has 0 radical (unpaired) electrons. The molecule has 2 saturated carbocycles. The second kappa shape index (κ2) is 5.13. The van der Waals surface area contributed by atoms with Gasteiger partial charge in [0.15, 0.2) is 0 Å². The first-order chi connectivity index (χ1) is 6.86. The molecule has 2 nitrogen and oxygen atoms in total. The van der Waals surface area contributed by atoms with E-state index in [-0.39, 0.29) is 0 Å². The zero-order valence-electron chi connectivity index (χ0n) is 9.30. The first-order valence-corrected chi connectivity index (χ1v) is 6.17. The summed E-state index contributed by atoms with van der Waals surface area (Å²) in [5.41, 5.74) is 0. The lowest BCUT2D eigenvalue weighted by molar-refractivity contribution is 0.127. The Balaban J connectivity index is 1.35. The highest BCUT2D eigenvalue weighted by atomic mass is 16.5. The molecule has 0 aromatic heterocycles. The van der Waals surface area contributed by atoms with E-state index in [0.717, 1.165) is 31.6 Å². The van der Waals surface area contributed by atoms with Crippen molar-refractivity contribution in [1.29, 1.82) is 0 Å². The average molecular weight is 197 g/mol. The van der Waals surface area contributed by atoms with Gasteiger partial charge in [-0.2, -0.15) is 0 Å². The van der Waals surface area contributed by atoms with Gasteiger partial charge < -0.3 is 10.1 Å². The molecule has 0 heterocycles. The minimum atomic E-state index is 0.710. The molecule has 2 fully saturated rings. The quantitative estimate of drug-likeness (QED) is 0.602. The standard InChI is InChI=1S/C12H23NO/c1-10(12-4-5-12)13-7-9-14-8-6-11-2-3-11/h10-13H,2-9H2,1H3. The summed E-state index contributed by atoms with van der Waals surface area (Å²) in [6.45, 7) is 5.19. The molecule has 0 spiro atoms. The summed E-state index contributed by atoms with van der Waals surface area (Å²) in [4.78, 5) is 0. The largest absolute Gasteiger partial charge is 0.380 e. The molecular weight excluding hydrogens is 174 g/mol. The van der Waals surface area contributed by atoms with Crippen LogP contribution in [0.4, 0.5) is 0 Å². The van der Waals surface area contributed by atoms with Gasteiger partial charge in [-0.15, -0.1) is 0 Å². The normalized spacial score (nSPS) is 23.8. The summed E-state index contributed by atoms with van der Waals surface area (Å²) in [5, 5.41) is 3.52. The zero-order chi connectivity index (χ0) is 9.80. The summed E-state index contributed by atoms with van der Waals surface area (Å²) in [6.07, 6.45) is 7.03. The Morgan fingerprint density at radius 3 is 2.64 bits per heavy atom. The molecule has 1 atom stereocenters. The van der Waals surface area contributed by atoms with Gasteiger partial charge in [-0.25, -0.2) is 0 Å². The van der Waals surface area contributed by atoms with E-state index < -0.39 is 0 Å². The maximum atomic E-state index is 5.57. The van der Waals surface area contributed by atoms with Gasteiger partial charge in [-0.1, -0.05) is 12.8 Å². The third-order valence-electron chi connectivity index (χ3n) is 3.41. The smallest absolute Gasteiger partial charge is 0.0591 e. The lowest BCUT2D eigenvalue weighted by Gasteiger charge is -2.12. The highest BCUT2D eigenvalue weighted by molar-refractivity contribution is 4.82. The van der Waals surface area contributed by atoms with Crippen molar-refractivity contribution >= 4 is 0 Å². The van der Waals surface area contributed by atoms with E-state index in [9.17, 15) is 0 Å². The van der Waals surface area contributed by atoms with Crippen molar-refractivity contribution in [2.45, 2.75) is 45.1 Å². The van der Waals surface area contributed by atoms with Crippen LogP contribution >= 0.6 is 0 Å². The number of rotatable bonds is 8. The van der Waals surface area contributed by atoms with Crippen LogP contribution in [-0.4, -0.2) is 25.8 Å². The van der Waals surface area contributed by atoms with Crippen molar-refractivity contribution in [1.82, 2.24) is 5.32 Å². The molecular formula is C12H23NO. The molecule has 82 valence electrons. The van der Waals surface area contributed by atoms with Gasteiger partial charge in [0.05, 0.1) is 6.61 Å². The maximum absolute atomic E-state index is 5.57. The van der Waals surface area contributed by atoms with Gasteiger partial charge in [0.1, 0.15) is 0 Å². The van der Waals surface area contributed by atoms with Crippen LogP contribution in [0.15, 0.2) is 0 Å². The van der Waals surface area contributed by atoms with E-state index >= 15 is 0 Å². The maximum Gasteiger partial charge on any atom is 0.0591 e. The SMILES string of the molecule is CC(NCCOCCC1CC1)C1CC1. The molecule has 0 bridgehead atoms. The zero-order valence-corrected chi connectivity index (χ0v) is 9.30. The molecule has 0 aliphatic heterocycles. The summed E-state index contributed by atoms with van der Waals surface area (Å²) >= 11 is 0. The Labute approximate surface area is 87.4 Å². The third kappa shape index (κ3) is 3.97. The second-order valence-electron chi connectivity index (χ2n) is 4.92. The molecule has 2 aliphatic rings. The van der Waals surface area contributed by atoms with Crippen LogP contribution in [0.3, 0.4) is 0 Å². The van der Waals surface area contributed by atoms with Crippen LogP contribution in [0.1, 0.15) is 39.0 Å². The van der Waals surface area contributed by atoms with Gasteiger partial charge in [0, 0.05) is 19.2 Å². The molecule has 1 unspecified atom stereocenters. The van der Waals surface area contributed by atoms with Gasteiger partial charge in [-0.3, -0.25) is 0 Å². The number of hydrogen-bond acceptors (Lipinski definition) is 2. The molecule has 1 N–H and O–H groups in total. The summed E-state index contributed by atoms with van der Waals surface area (Å²) in [7, 11) is 0. The molecule has 2 rings (SSSR count). The first-order valence-electron chi connectivity index (χ1n) is 6.17.